The van der Waals surface area contributed by atoms with Crippen molar-refractivity contribution in [3.8, 4) is 5.75 Å². The lowest BCUT2D eigenvalue weighted by Crippen LogP contribution is -2.33. The van der Waals surface area contributed by atoms with Crippen LogP contribution in [0.1, 0.15) is 30.2 Å². The number of aromatic nitrogens is 1. The van der Waals surface area contributed by atoms with E-state index in [0.29, 0.717) is 30.5 Å². The van der Waals surface area contributed by atoms with Crippen LogP contribution >= 0.6 is 0 Å². The van der Waals surface area contributed by atoms with Crippen LogP contribution in [0.25, 0.3) is 0 Å². The van der Waals surface area contributed by atoms with Crippen LogP contribution in [0, 0.1) is 17.7 Å². The van der Waals surface area contributed by atoms with E-state index in [9.17, 15) is 19.7 Å². The Balaban J connectivity index is 1.32. The molecule has 5 nitrogen and oxygen atoms in total. The summed E-state index contributed by atoms with van der Waals surface area (Å²) in [4.78, 5) is 6.30. The fourth-order valence-corrected chi connectivity index (χ4v) is 4.77. The minimum Gasteiger partial charge on any atom is -0.506 e. The second kappa shape index (κ2) is 7.19. The first-order valence-electron chi connectivity index (χ1n) is 9.42. The molecule has 27 heavy (non-hydrogen) atoms. The average molecular weight is 372 g/mol. The van der Waals surface area contributed by atoms with Crippen LogP contribution in [-0.2, 0) is 6.42 Å². The fraction of sp³-hybridized carbons (Fsp3) is 0.476. The maximum Gasteiger partial charge on any atom is 0.133 e. The Kier molecular flexibility index (Phi) is 4.88. The molecule has 2 aromatic rings. The number of aromatic hydroxyl groups is 1. The van der Waals surface area contributed by atoms with Crippen molar-refractivity contribution in [1.29, 1.82) is 0 Å². The van der Waals surface area contributed by atoms with Crippen LogP contribution in [-0.4, -0.2) is 50.4 Å². The summed E-state index contributed by atoms with van der Waals surface area (Å²) in [7, 11) is 0. The predicted octanol–water partition coefficient (Wildman–Crippen LogP) is 2.28. The molecule has 1 aliphatic heterocycles. The number of aliphatic hydroxyl groups is 2. The summed E-state index contributed by atoms with van der Waals surface area (Å²) >= 11 is 0. The highest BCUT2D eigenvalue weighted by molar-refractivity contribution is 5.20. The van der Waals surface area contributed by atoms with Crippen molar-refractivity contribution >= 4 is 0 Å². The number of likely N-dealkylation sites (tertiary alicyclic amines) is 1. The molecule has 144 valence electrons. The molecular weight excluding hydrogens is 347 g/mol. The summed E-state index contributed by atoms with van der Waals surface area (Å²) in [6.07, 6.45) is 2.67. The van der Waals surface area contributed by atoms with Gasteiger partial charge >= 0.3 is 0 Å². The molecule has 3 N–H and O–H groups in total. The summed E-state index contributed by atoms with van der Waals surface area (Å²) in [6, 6.07) is 9.53. The molecule has 2 aliphatic rings. The van der Waals surface area contributed by atoms with Crippen molar-refractivity contribution in [3.63, 3.8) is 0 Å². The SMILES string of the molecule is Oc1ccc(C(O)CN2C[C@@H]3C[C@](O)(Cc4ccc(F)cc4)C[C@@H]3C2)nc1. The van der Waals surface area contributed by atoms with Crippen molar-refractivity contribution in [2.24, 2.45) is 11.8 Å². The minimum absolute atomic E-state index is 0.0853. The Morgan fingerprint density at radius 3 is 2.37 bits per heavy atom. The van der Waals surface area contributed by atoms with E-state index in [1.807, 2.05) is 0 Å². The highest BCUT2D eigenvalue weighted by Crippen LogP contribution is 2.45. The second-order valence-corrected chi connectivity index (χ2v) is 8.13. The number of hydrogen-bond acceptors (Lipinski definition) is 5. The van der Waals surface area contributed by atoms with E-state index in [4.69, 9.17) is 0 Å². The molecule has 2 fully saturated rings. The highest BCUT2D eigenvalue weighted by Gasteiger charge is 2.48. The lowest BCUT2D eigenvalue weighted by Gasteiger charge is -2.27. The Hall–Kier alpha value is -2.02. The maximum absolute atomic E-state index is 13.1. The van der Waals surface area contributed by atoms with Crippen molar-refractivity contribution in [1.82, 2.24) is 9.88 Å². The normalized spacial score (nSPS) is 29.0. The van der Waals surface area contributed by atoms with Gasteiger partial charge in [0.25, 0.3) is 0 Å². The first-order chi connectivity index (χ1) is 12.9. The van der Waals surface area contributed by atoms with Crippen LogP contribution in [0.15, 0.2) is 42.6 Å². The van der Waals surface area contributed by atoms with E-state index in [-0.39, 0.29) is 11.6 Å². The van der Waals surface area contributed by atoms with E-state index in [1.165, 1.54) is 24.4 Å². The standard InChI is InChI=1S/C21H25FN2O3/c22-17-3-1-14(2-4-17)7-21(27)8-15-11-24(12-16(15)9-21)13-20(26)19-6-5-18(25)10-23-19/h1-6,10,15-16,20,25-27H,7-9,11-13H2/t15-,16+,20?,21+. The van der Waals surface area contributed by atoms with E-state index < -0.39 is 11.7 Å². The molecule has 0 radical (unpaired) electrons. The highest BCUT2D eigenvalue weighted by atomic mass is 19.1. The summed E-state index contributed by atoms with van der Waals surface area (Å²) in [6.45, 7) is 2.21. The molecular formula is C21H25FN2O3. The van der Waals surface area contributed by atoms with Crippen molar-refractivity contribution in [2.45, 2.75) is 31.0 Å². The van der Waals surface area contributed by atoms with Crippen molar-refractivity contribution < 1.29 is 19.7 Å². The van der Waals surface area contributed by atoms with Crippen molar-refractivity contribution in [2.75, 3.05) is 19.6 Å². The third kappa shape index (κ3) is 4.13. The third-order valence-corrected chi connectivity index (χ3v) is 5.93. The number of pyridine rings is 1. The van der Waals surface area contributed by atoms with E-state index >= 15 is 0 Å². The maximum atomic E-state index is 13.1. The number of hydrogen-bond donors (Lipinski definition) is 3. The molecule has 2 heterocycles. The zero-order chi connectivity index (χ0) is 19.0. The van der Waals surface area contributed by atoms with Gasteiger partial charge in [0.05, 0.1) is 17.5 Å². The van der Waals surface area contributed by atoms with Crippen LogP contribution < -0.4 is 0 Å². The van der Waals surface area contributed by atoms with Gasteiger partial charge in [0, 0.05) is 26.1 Å². The van der Waals surface area contributed by atoms with E-state index in [2.05, 4.69) is 9.88 Å². The Morgan fingerprint density at radius 1 is 1.11 bits per heavy atom. The van der Waals surface area contributed by atoms with E-state index in [1.54, 1.807) is 18.2 Å². The number of aliphatic hydroxyl groups excluding tert-OH is 1. The van der Waals surface area contributed by atoms with Gasteiger partial charge in [-0.3, -0.25) is 9.88 Å². The Labute approximate surface area is 158 Å². The topological polar surface area (TPSA) is 76.8 Å². The zero-order valence-corrected chi connectivity index (χ0v) is 15.1. The molecule has 0 spiro atoms. The summed E-state index contributed by atoms with van der Waals surface area (Å²) in [5.74, 6) is 0.652. The monoisotopic (exact) mass is 372 g/mol. The van der Waals surface area contributed by atoms with Gasteiger partial charge in [-0.15, -0.1) is 0 Å². The van der Waals surface area contributed by atoms with Gasteiger partial charge in [0.2, 0.25) is 0 Å². The second-order valence-electron chi connectivity index (χ2n) is 8.13. The Morgan fingerprint density at radius 2 is 1.78 bits per heavy atom. The molecule has 1 saturated carbocycles. The lowest BCUT2D eigenvalue weighted by atomic mass is 9.91. The molecule has 1 saturated heterocycles. The molecule has 6 heteroatoms. The molecule has 1 unspecified atom stereocenters. The minimum atomic E-state index is -0.726. The first kappa shape index (κ1) is 18.3. The number of nitrogens with zero attached hydrogens (tertiary/aromatic N) is 2. The number of halogens is 1. The van der Waals surface area contributed by atoms with Crippen LogP contribution in [0.5, 0.6) is 5.75 Å². The molecule has 4 rings (SSSR count). The van der Waals surface area contributed by atoms with Gasteiger partial charge in [-0.2, -0.15) is 0 Å². The summed E-state index contributed by atoms with van der Waals surface area (Å²) in [5.41, 5.74) is 0.790. The number of benzene rings is 1. The van der Waals surface area contributed by atoms with Crippen molar-refractivity contribution in [3.05, 3.63) is 59.7 Å². The summed E-state index contributed by atoms with van der Waals surface area (Å²) in [5, 5.41) is 30.7. The molecule has 0 amide bonds. The molecule has 1 aliphatic carbocycles. The Bertz CT molecular complexity index is 767. The smallest absolute Gasteiger partial charge is 0.133 e. The quantitative estimate of drug-likeness (QED) is 0.751. The van der Waals surface area contributed by atoms with Gasteiger partial charge < -0.3 is 15.3 Å². The molecule has 4 atom stereocenters. The van der Waals surface area contributed by atoms with Crippen LogP contribution in [0.4, 0.5) is 4.39 Å². The van der Waals surface area contributed by atoms with Gasteiger partial charge in [-0.05, 0) is 54.5 Å². The lowest BCUT2D eigenvalue weighted by molar-refractivity contribution is 0.0327. The van der Waals surface area contributed by atoms with Gasteiger partial charge in [0.15, 0.2) is 0 Å². The number of fused-ring (bicyclic) bond motifs is 1. The zero-order valence-electron chi connectivity index (χ0n) is 15.1. The van der Waals surface area contributed by atoms with E-state index in [0.717, 1.165) is 31.5 Å². The van der Waals surface area contributed by atoms with Gasteiger partial charge in [-0.25, -0.2) is 4.39 Å². The van der Waals surface area contributed by atoms with Gasteiger partial charge in [0.1, 0.15) is 17.7 Å². The number of rotatable bonds is 5. The van der Waals surface area contributed by atoms with Crippen LogP contribution in [0.3, 0.4) is 0 Å². The molecule has 1 aromatic carbocycles. The largest absolute Gasteiger partial charge is 0.506 e. The summed E-state index contributed by atoms with van der Waals surface area (Å²) < 4.78 is 13.1. The molecule has 0 bridgehead atoms. The van der Waals surface area contributed by atoms with Gasteiger partial charge in [-0.1, -0.05) is 12.1 Å². The molecule has 1 aromatic heterocycles. The third-order valence-electron chi connectivity index (χ3n) is 5.93. The number of β-amino-alcohol motifs (C(OH)–C–C–N with tert-alkyl or cyclic N) is 1. The van der Waals surface area contributed by atoms with Crippen LogP contribution in [0.2, 0.25) is 0 Å². The average Bonchev–Trinajstić information content (AvgIpc) is 3.11. The fourth-order valence-electron chi connectivity index (χ4n) is 4.77. The predicted molar refractivity (Wildman–Crippen MR) is 98.6 cm³/mol. The first-order valence-corrected chi connectivity index (χ1v) is 9.42.